The van der Waals surface area contributed by atoms with E-state index in [1.807, 2.05) is 0 Å². The van der Waals surface area contributed by atoms with Gasteiger partial charge in [0.05, 0.1) is 4.92 Å². The first-order valence-corrected chi connectivity index (χ1v) is 7.03. The van der Waals surface area contributed by atoms with E-state index in [9.17, 15) is 14.7 Å². The Labute approximate surface area is 109 Å². The first-order valence-electron chi connectivity index (χ1n) is 5.40. The third-order valence-corrected chi connectivity index (χ3v) is 4.96. The number of hydrogen-bond donors (Lipinski definition) is 0. The van der Waals surface area contributed by atoms with Gasteiger partial charge in [0, 0.05) is 18.5 Å². The van der Waals surface area contributed by atoms with Gasteiger partial charge < -0.3 is 4.52 Å². The van der Waals surface area contributed by atoms with Crippen LogP contribution in [0.2, 0.25) is 0 Å². The second-order valence-electron chi connectivity index (χ2n) is 3.70. The van der Waals surface area contributed by atoms with Gasteiger partial charge in [0.15, 0.2) is 0 Å². The van der Waals surface area contributed by atoms with Crippen molar-refractivity contribution in [3.63, 3.8) is 0 Å². The van der Waals surface area contributed by atoms with Gasteiger partial charge in [0.1, 0.15) is 11.6 Å². The second kappa shape index (κ2) is 5.30. The van der Waals surface area contributed by atoms with E-state index in [1.54, 1.807) is 30.3 Å². The smallest absolute Gasteiger partial charge is 0.287 e. The van der Waals surface area contributed by atoms with Crippen molar-refractivity contribution < 1.29 is 14.0 Å². The van der Waals surface area contributed by atoms with Crippen molar-refractivity contribution in [1.29, 1.82) is 0 Å². The van der Waals surface area contributed by atoms with E-state index in [4.69, 9.17) is 4.52 Å². The molecule has 19 heavy (non-hydrogen) atoms. The van der Waals surface area contributed by atoms with Gasteiger partial charge in [-0.25, -0.2) is 4.98 Å². The summed E-state index contributed by atoms with van der Waals surface area (Å²) in [7, 11) is -1.96. The Kier molecular flexibility index (Phi) is 3.74. The number of pyridine rings is 1. The highest BCUT2D eigenvalue weighted by Gasteiger charge is 2.29. The van der Waals surface area contributed by atoms with Crippen molar-refractivity contribution in [2.75, 3.05) is 7.11 Å². The Bertz CT molecular complexity index is 628. The monoisotopic (exact) mass is 278 g/mol. The molecular weight excluding hydrogens is 267 g/mol. The van der Waals surface area contributed by atoms with Crippen molar-refractivity contribution in [3.8, 4) is 0 Å². The summed E-state index contributed by atoms with van der Waals surface area (Å²) >= 11 is 0. The van der Waals surface area contributed by atoms with Gasteiger partial charge >= 0.3 is 0 Å². The van der Waals surface area contributed by atoms with Gasteiger partial charge in [-0.1, -0.05) is 18.2 Å². The highest BCUT2D eigenvalue weighted by Crippen LogP contribution is 2.42. The molecule has 1 heterocycles. The molecular formula is C12H11N2O4P. The molecule has 7 heteroatoms. The summed E-state index contributed by atoms with van der Waals surface area (Å²) in [4.78, 5) is 13.9. The average Bonchev–Trinajstić information content (AvgIpc) is 2.47. The van der Waals surface area contributed by atoms with Crippen molar-refractivity contribution in [1.82, 2.24) is 4.98 Å². The number of nitrogens with zero attached hydrogens (tertiary/aromatic N) is 2. The molecule has 0 amide bonds. The Hall–Kier alpha value is -2.04. The zero-order chi connectivity index (χ0) is 13.9. The standard InChI is InChI=1S/C12H11N2O4P/c1-18-19(17,11-5-3-2-4-6-11)12-8-7-10(9-13-12)14(15)16/h2-9H,1H3/t19-/m0/s1. The number of hydrogen-bond acceptors (Lipinski definition) is 5. The molecule has 98 valence electrons. The van der Waals surface area contributed by atoms with E-state index >= 15 is 0 Å². The van der Waals surface area contributed by atoms with Gasteiger partial charge in [-0.05, 0) is 18.2 Å². The number of rotatable bonds is 4. The lowest BCUT2D eigenvalue weighted by Crippen LogP contribution is -2.19. The van der Waals surface area contributed by atoms with E-state index < -0.39 is 12.3 Å². The van der Waals surface area contributed by atoms with Crippen molar-refractivity contribution in [2.24, 2.45) is 0 Å². The zero-order valence-electron chi connectivity index (χ0n) is 10.1. The van der Waals surface area contributed by atoms with Crippen LogP contribution in [0, 0.1) is 10.1 Å². The van der Waals surface area contributed by atoms with Crippen LogP contribution in [-0.2, 0) is 9.09 Å². The predicted octanol–water partition coefficient (Wildman–Crippen LogP) is 1.87. The summed E-state index contributed by atoms with van der Waals surface area (Å²) in [5.74, 6) is 0. The minimum absolute atomic E-state index is 0.153. The minimum atomic E-state index is -3.29. The fourth-order valence-corrected chi connectivity index (χ4v) is 3.32. The van der Waals surface area contributed by atoms with Crippen LogP contribution in [0.5, 0.6) is 0 Å². The van der Waals surface area contributed by atoms with Gasteiger partial charge in [0.2, 0.25) is 0 Å². The molecule has 6 nitrogen and oxygen atoms in total. The third-order valence-electron chi connectivity index (χ3n) is 2.60. The largest absolute Gasteiger partial charge is 0.324 e. The summed E-state index contributed by atoms with van der Waals surface area (Å²) in [5.41, 5.74) is 0.0336. The fraction of sp³-hybridized carbons (Fsp3) is 0.0833. The molecule has 2 rings (SSSR count). The SMILES string of the molecule is CO[P@@](=O)(c1ccccc1)c1ccc([N+](=O)[O-])cn1. The van der Waals surface area contributed by atoms with Crippen LogP contribution in [-0.4, -0.2) is 17.0 Å². The zero-order valence-corrected chi connectivity index (χ0v) is 11.0. The van der Waals surface area contributed by atoms with E-state index in [-0.39, 0.29) is 11.1 Å². The molecule has 0 saturated heterocycles. The number of aromatic nitrogens is 1. The van der Waals surface area contributed by atoms with E-state index in [2.05, 4.69) is 4.98 Å². The molecule has 1 aromatic heterocycles. The van der Waals surface area contributed by atoms with Gasteiger partial charge in [0.25, 0.3) is 13.1 Å². The molecule has 0 aliphatic rings. The molecule has 0 aliphatic heterocycles. The maximum absolute atomic E-state index is 12.8. The molecule has 0 fully saturated rings. The van der Waals surface area contributed by atoms with Crippen LogP contribution >= 0.6 is 7.37 Å². The first-order chi connectivity index (χ1) is 9.08. The molecule has 0 N–H and O–H groups in total. The number of nitro groups is 1. The maximum Gasteiger partial charge on any atom is 0.287 e. The molecule has 0 aliphatic carbocycles. The highest BCUT2D eigenvalue weighted by atomic mass is 31.2. The number of benzene rings is 1. The molecule has 1 aromatic carbocycles. The average molecular weight is 278 g/mol. The van der Waals surface area contributed by atoms with Crippen LogP contribution in [0.3, 0.4) is 0 Å². The van der Waals surface area contributed by atoms with Crippen LogP contribution in [0.15, 0.2) is 48.7 Å². The second-order valence-corrected chi connectivity index (χ2v) is 6.14. The molecule has 0 spiro atoms. The molecule has 0 saturated carbocycles. The van der Waals surface area contributed by atoms with Gasteiger partial charge in [-0.3, -0.25) is 14.7 Å². The normalized spacial score (nSPS) is 13.7. The van der Waals surface area contributed by atoms with Gasteiger partial charge in [-0.15, -0.1) is 0 Å². The molecule has 0 bridgehead atoms. The lowest BCUT2D eigenvalue weighted by molar-refractivity contribution is -0.385. The van der Waals surface area contributed by atoms with Gasteiger partial charge in [-0.2, -0.15) is 0 Å². The Morgan fingerprint density at radius 3 is 2.37 bits per heavy atom. The van der Waals surface area contributed by atoms with Crippen molar-refractivity contribution in [3.05, 3.63) is 58.8 Å². The summed E-state index contributed by atoms with van der Waals surface area (Å²) in [5, 5.41) is 11.1. The van der Waals surface area contributed by atoms with Crippen molar-refractivity contribution >= 4 is 23.8 Å². The lowest BCUT2D eigenvalue weighted by atomic mass is 10.4. The molecule has 0 radical (unpaired) electrons. The topological polar surface area (TPSA) is 82.3 Å². The quantitative estimate of drug-likeness (QED) is 0.484. The summed E-state index contributed by atoms with van der Waals surface area (Å²) in [6.45, 7) is 0. The summed E-state index contributed by atoms with van der Waals surface area (Å²) < 4.78 is 17.9. The molecule has 1 atom stereocenters. The third kappa shape index (κ3) is 2.54. The van der Waals surface area contributed by atoms with Crippen LogP contribution in [0.25, 0.3) is 0 Å². The van der Waals surface area contributed by atoms with E-state index in [1.165, 1.54) is 19.2 Å². The van der Waals surface area contributed by atoms with Crippen LogP contribution < -0.4 is 10.7 Å². The Morgan fingerprint density at radius 1 is 1.21 bits per heavy atom. The Balaban J connectivity index is 2.48. The summed E-state index contributed by atoms with van der Waals surface area (Å²) in [6.07, 6.45) is 1.07. The maximum atomic E-state index is 12.8. The van der Waals surface area contributed by atoms with Crippen LogP contribution in [0.4, 0.5) is 5.69 Å². The fourth-order valence-electron chi connectivity index (χ4n) is 1.62. The molecule has 0 unspecified atom stereocenters. The van der Waals surface area contributed by atoms with Crippen LogP contribution in [0.1, 0.15) is 0 Å². The Morgan fingerprint density at radius 2 is 1.89 bits per heavy atom. The lowest BCUT2D eigenvalue weighted by Gasteiger charge is -2.15. The van der Waals surface area contributed by atoms with Crippen molar-refractivity contribution in [2.45, 2.75) is 0 Å². The highest BCUT2D eigenvalue weighted by molar-refractivity contribution is 7.74. The van der Waals surface area contributed by atoms with E-state index in [0.717, 1.165) is 6.20 Å². The molecule has 2 aromatic rings. The predicted molar refractivity (Wildman–Crippen MR) is 71.2 cm³/mol. The summed E-state index contributed by atoms with van der Waals surface area (Å²) in [6, 6.07) is 11.2. The first kappa shape index (κ1) is 13.4. The van der Waals surface area contributed by atoms with E-state index in [0.29, 0.717) is 5.30 Å². The minimum Gasteiger partial charge on any atom is -0.324 e.